The Bertz CT molecular complexity index is 287. The summed E-state index contributed by atoms with van der Waals surface area (Å²) in [5.74, 6) is 0.668. The van der Waals surface area contributed by atoms with Crippen molar-refractivity contribution < 1.29 is 4.79 Å². The average molecular weight is 221 g/mol. The van der Waals surface area contributed by atoms with Crippen molar-refractivity contribution in [2.45, 2.75) is 52.6 Å². The minimum atomic E-state index is 0.154. The largest absolute Gasteiger partial charge is 0.333 e. The second-order valence-electron chi connectivity index (χ2n) is 4.85. The summed E-state index contributed by atoms with van der Waals surface area (Å²) in [5.41, 5.74) is 0. The van der Waals surface area contributed by atoms with Crippen LogP contribution in [-0.2, 0) is 4.79 Å². The van der Waals surface area contributed by atoms with Gasteiger partial charge in [-0.25, -0.2) is 0 Å². The molecule has 0 heterocycles. The first kappa shape index (κ1) is 13.0. The van der Waals surface area contributed by atoms with Crippen LogP contribution in [0, 0.1) is 5.92 Å². The number of allylic oxidation sites excluding steroid dienone is 3. The molecule has 1 aliphatic rings. The SMILES string of the molecule is C/C=C/C=C/C(=O)N(C1CC1)C(C)C(C)C. The van der Waals surface area contributed by atoms with Crippen LogP contribution in [0.25, 0.3) is 0 Å². The highest BCUT2D eigenvalue weighted by molar-refractivity contribution is 5.88. The zero-order valence-corrected chi connectivity index (χ0v) is 10.8. The molecule has 0 saturated heterocycles. The normalized spacial score (nSPS) is 18.6. The maximum absolute atomic E-state index is 12.1. The highest BCUT2D eigenvalue weighted by Crippen LogP contribution is 2.30. The fourth-order valence-electron chi connectivity index (χ4n) is 1.72. The summed E-state index contributed by atoms with van der Waals surface area (Å²) in [6.45, 7) is 8.43. The molecule has 0 N–H and O–H groups in total. The molecule has 1 atom stereocenters. The Balaban J connectivity index is 2.66. The van der Waals surface area contributed by atoms with E-state index in [1.54, 1.807) is 6.08 Å². The van der Waals surface area contributed by atoms with Crippen molar-refractivity contribution >= 4 is 5.91 Å². The molecule has 1 rings (SSSR count). The van der Waals surface area contributed by atoms with E-state index in [1.807, 2.05) is 30.1 Å². The summed E-state index contributed by atoms with van der Waals surface area (Å²) < 4.78 is 0. The summed E-state index contributed by atoms with van der Waals surface area (Å²) in [6.07, 6.45) is 9.66. The highest BCUT2D eigenvalue weighted by atomic mass is 16.2. The Hall–Kier alpha value is -1.05. The Kier molecular flexibility index (Phi) is 4.78. The maximum atomic E-state index is 12.1. The molecule has 1 aliphatic carbocycles. The third-order valence-corrected chi connectivity index (χ3v) is 3.14. The van der Waals surface area contributed by atoms with E-state index in [1.165, 1.54) is 12.8 Å². The molecule has 0 spiro atoms. The molecule has 1 unspecified atom stereocenters. The predicted molar refractivity (Wildman–Crippen MR) is 68.1 cm³/mol. The summed E-state index contributed by atoms with van der Waals surface area (Å²) in [4.78, 5) is 14.1. The molecule has 0 aromatic rings. The number of hydrogen-bond donors (Lipinski definition) is 0. The van der Waals surface area contributed by atoms with Crippen LogP contribution >= 0.6 is 0 Å². The van der Waals surface area contributed by atoms with Crippen molar-refractivity contribution in [2.75, 3.05) is 0 Å². The molecule has 16 heavy (non-hydrogen) atoms. The summed E-state index contributed by atoms with van der Waals surface area (Å²) in [6, 6.07) is 0.815. The minimum absolute atomic E-state index is 0.154. The van der Waals surface area contributed by atoms with Crippen molar-refractivity contribution in [3.05, 3.63) is 24.3 Å². The second kappa shape index (κ2) is 5.88. The van der Waals surface area contributed by atoms with E-state index in [0.717, 1.165) is 0 Å². The zero-order valence-electron chi connectivity index (χ0n) is 10.8. The van der Waals surface area contributed by atoms with Crippen molar-refractivity contribution in [3.63, 3.8) is 0 Å². The number of carbonyl (C=O) groups is 1. The van der Waals surface area contributed by atoms with Crippen LogP contribution in [0.15, 0.2) is 24.3 Å². The minimum Gasteiger partial charge on any atom is -0.333 e. The van der Waals surface area contributed by atoms with Gasteiger partial charge in [-0.2, -0.15) is 0 Å². The van der Waals surface area contributed by atoms with E-state index in [-0.39, 0.29) is 5.91 Å². The lowest BCUT2D eigenvalue weighted by Crippen LogP contribution is -2.42. The van der Waals surface area contributed by atoms with Gasteiger partial charge in [0, 0.05) is 18.2 Å². The van der Waals surface area contributed by atoms with E-state index in [4.69, 9.17) is 0 Å². The van der Waals surface area contributed by atoms with E-state index in [9.17, 15) is 4.79 Å². The third-order valence-electron chi connectivity index (χ3n) is 3.14. The predicted octanol–water partition coefficient (Wildman–Crippen LogP) is 3.15. The topological polar surface area (TPSA) is 20.3 Å². The van der Waals surface area contributed by atoms with Gasteiger partial charge in [0.25, 0.3) is 0 Å². The lowest BCUT2D eigenvalue weighted by atomic mass is 10.0. The standard InChI is InChI=1S/C14H23NO/c1-5-6-7-8-14(16)15(13-9-10-13)12(4)11(2)3/h5-8,11-13H,9-10H2,1-4H3/b6-5+,8-7+. The number of carbonyl (C=O) groups excluding carboxylic acids is 1. The Morgan fingerprint density at radius 3 is 2.31 bits per heavy atom. The third kappa shape index (κ3) is 3.51. The van der Waals surface area contributed by atoms with Gasteiger partial charge in [-0.05, 0) is 32.6 Å². The van der Waals surface area contributed by atoms with Crippen molar-refractivity contribution in [1.29, 1.82) is 0 Å². The Morgan fingerprint density at radius 2 is 1.88 bits per heavy atom. The summed E-state index contributed by atoms with van der Waals surface area (Å²) in [5, 5.41) is 0. The molecule has 1 fully saturated rings. The molecular formula is C14H23NO. The van der Waals surface area contributed by atoms with Crippen LogP contribution < -0.4 is 0 Å². The van der Waals surface area contributed by atoms with E-state index >= 15 is 0 Å². The van der Waals surface area contributed by atoms with Crippen LogP contribution in [0.2, 0.25) is 0 Å². The van der Waals surface area contributed by atoms with Gasteiger partial charge in [0.1, 0.15) is 0 Å². The van der Waals surface area contributed by atoms with Crippen molar-refractivity contribution in [2.24, 2.45) is 5.92 Å². The number of hydrogen-bond acceptors (Lipinski definition) is 1. The summed E-state index contributed by atoms with van der Waals surface area (Å²) >= 11 is 0. The maximum Gasteiger partial charge on any atom is 0.247 e. The Labute approximate surface area is 99.0 Å². The molecule has 0 radical (unpaired) electrons. The molecule has 0 aliphatic heterocycles. The van der Waals surface area contributed by atoms with E-state index in [0.29, 0.717) is 18.0 Å². The van der Waals surface area contributed by atoms with Gasteiger partial charge in [0.05, 0.1) is 0 Å². The first-order chi connectivity index (χ1) is 7.57. The second-order valence-corrected chi connectivity index (χ2v) is 4.85. The average Bonchev–Trinajstić information content (AvgIpc) is 3.02. The van der Waals surface area contributed by atoms with E-state index < -0.39 is 0 Å². The molecule has 1 saturated carbocycles. The lowest BCUT2D eigenvalue weighted by Gasteiger charge is -2.31. The van der Waals surface area contributed by atoms with Gasteiger partial charge in [-0.1, -0.05) is 32.1 Å². The molecule has 1 amide bonds. The quantitative estimate of drug-likeness (QED) is 0.516. The fraction of sp³-hybridized carbons (Fsp3) is 0.643. The molecule has 0 aromatic heterocycles. The molecule has 0 bridgehead atoms. The van der Waals surface area contributed by atoms with Gasteiger partial charge in [-0.15, -0.1) is 0 Å². The molecule has 2 heteroatoms. The van der Waals surface area contributed by atoms with Crippen LogP contribution in [-0.4, -0.2) is 22.9 Å². The van der Waals surface area contributed by atoms with Gasteiger partial charge in [0.15, 0.2) is 0 Å². The highest BCUT2D eigenvalue weighted by Gasteiger charge is 2.35. The lowest BCUT2D eigenvalue weighted by molar-refractivity contribution is -0.129. The molecule has 0 aromatic carbocycles. The number of nitrogens with zero attached hydrogens (tertiary/aromatic N) is 1. The van der Waals surface area contributed by atoms with Gasteiger partial charge in [-0.3, -0.25) is 4.79 Å². The summed E-state index contributed by atoms with van der Waals surface area (Å²) in [7, 11) is 0. The van der Waals surface area contributed by atoms with E-state index in [2.05, 4.69) is 20.8 Å². The Morgan fingerprint density at radius 1 is 1.25 bits per heavy atom. The van der Waals surface area contributed by atoms with Crippen LogP contribution in [0.5, 0.6) is 0 Å². The molecular weight excluding hydrogens is 198 g/mol. The van der Waals surface area contributed by atoms with Crippen molar-refractivity contribution in [3.8, 4) is 0 Å². The first-order valence-corrected chi connectivity index (χ1v) is 6.19. The van der Waals surface area contributed by atoms with Crippen LogP contribution in [0.4, 0.5) is 0 Å². The van der Waals surface area contributed by atoms with Gasteiger partial charge in [0.2, 0.25) is 5.91 Å². The van der Waals surface area contributed by atoms with Crippen LogP contribution in [0.1, 0.15) is 40.5 Å². The zero-order chi connectivity index (χ0) is 12.1. The monoisotopic (exact) mass is 221 g/mol. The van der Waals surface area contributed by atoms with Gasteiger partial charge >= 0.3 is 0 Å². The smallest absolute Gasteiger partial charge is 0.247 e. The number of rotatable bonds is 5. The number of amides is 1. The van der Waals surface area contributed by atoms with Crippen LogP contribution in [0.3, 0.4) is 0 Å². The molecule has 2 nitrogen and oxygen atoms in total. The van der Waals surface area contributed by atoms with Crippen molar-refractivity contribution in [1.82, 2.24) is 4.90 Å². The molecule has 90 valence electrons. The van der Waals surface area contributed by atoms with Gasteiger partial charge < -0.3 is 4.90 Å². The fourth-order valence-corrected chi connectivity index (χ4v) is 1.72. The first-order valence-electron chi connectivity index (χ1n) is 6.19.